The molecule has 2 rings (SSSR count). The Morgan fingerprint density at radius 1 is 1.47 bits per heavy atom. The first-order chi connectivity index (χ1) is 8.13. The fourth-order valence-corrected chi connectivity index (χ4v) is 1.80. The van der Waals surface area contributed by atoms with Crippen molar-refractivity contribution in [2.45, 2.75) is 20.3 Å². The predicted molar refractivity (Wildman–Crippen MR) is 66.0 cm³/mol. The molecule has 1 aromatic carbocycles. The van der Waals surface area contributed by atoms with Gasteiger partial charge in [0.25, 0.3) is 0 Å². The first-order valence-electron chi connectivity index (χ1n) is 5.73. The van der Waals surface area contributed by atoms with Crippen LogP contribution in [-0.2, 0) is 11.8 Å². The van der Waals surface area contributed by atoms with Gasteiger partial charge in [-0.3, -0.25) is 4.68 Å². The molecule has 90 valence electrons. The molecule has 0 aliphatic heterocycles. The summed E-state index contributed by atoms with van der Waals surface area (Å²) in [6.45, 7) is 4.35. The zero-order valence-electron chi connectivity index (χ0n) is 10.4. The van der Waals surface area contributed by atoms with Crippen molar-refractivity contribution in [2.24, 2.45) is 7.05 Å². The number of fused-ring (bicyclic) bond motifs is 1. The first-order valence-corrected chi connectivity index (χ1v) is 5.73. The molecule has 4 nitrogen and oxygen atoms in total. The van der Waals surface area contributed by atoms with Crippen molar-refractivity contribution in [1.29, 1.82) is 0 Å². The van der Waals surface area contributed by atoms with E-state index in [9.17, 15) is 4.79 Å². The van der Waals surface area contributed by atoms with Crippen molar-refractivity contribution >= 4 is 16.9 Å². The number of carbonyl (C=O) groups is 1. The highest BCUT2D eigenvalue weighted by molar-refractivity contribution is 5.96. The SMILES string of the molecule is CCCOC(=O)c1cc2cnn(C)c2cc1C. The highest BCUT2D eigenvalue weighted by atomic mass is 16.5. The van der Waals surface area contributed by atoms with Gasteiger partial charge in [0, 0.05) is 12.4 Å². The summed E-state index contributed by atoms with van der Waals surface area (Å²) in [4.78, 5) is 11.8. The molecule has 0 unspecified atom stereocenters. The third-order valence-electron chi connectivity index (χ3n) is 2.75. The van der Waals surface area contributed by atoms with Gasteiger partial charge in [-0.1, -0.05) is 6.92 Å². The van der Waals surface area contributed by atoms with E-state index in [2.05, 4.69) is 5.10 Å². The minimum Gasteiger partial charge on any atom is -0.462 e. The molecular formula is C13H16N2O2. The number of ether oxygens (including phenoxy) is 1. The monoisotopic (exact) mass is 232 g/mol. The number of rotatable bonds is 3. The van der Waals surface area contributed by atoms with E-state index in [-0.39, 0.29) is 5.97 Å². The number of hydrogen-bond acceptors (Lipinski definition) is 3. The Bertz CT molecular complexity index is 558. The van der Waals surface area contributed by atoms with Crippen molar-refractivity contribution in [1.82, 2.24) is 9.78 Å². The van der Waals surface area contributed by atoms with Gasteiger partial charge >= 0.3 is 5.97 Å². The van der Waals surface area contributed by atoms with Gasteiger partial charge in [-0.25, -0.2) is 4.79 Å². The molecule has 0 amide bonds. The van der Waals surface area contributed by atoms with Gasteiger partial charge in [0.15, 0.2) is 0 Å². The predicted octanol–water partition coefficient (Wildman–Crippen LogP) is 2.45. The van der Waals surface area contributed by atoms with E-state index in [1.54, 1.807) is 10.9 Å². The second-order valence-electron chi connectivity index (χ2n) is 4.13. The lowest BCUT2D eigenvalue weighted by molar-refractivity contribution is 0.0504. The smallest absolute Gasteiger partial charge is 0.338 e. The Morgan fingerprint density at radius 2 is 2.24 bits per heavy atom. The summed E-state index contributed by atoms with van der Waals surface area (Å²) in [7, 11) is 1.89. The molecule has 0 spiro atoms. The van der Waals surface area contributed by atoms with Gasteiger partial charge in [0.1, 0.15) is 0 Å². The summed E-state index contributed by atoms with van der Waals surface area (Å²) < 4.78 is 6.94. The minimum absolute atomic E-state index is 0.255. The zero-order chi connectivity index (χ0) is 12.4. The maximum Gasteiger partial charge on any atom is 0.338 e. The normalized spacial score (nSPS) is 10.8. The Morgan fingerprint density at radius 3 is 2.94 bits per heavy atom. The molecule has 2 aromatic rings. The van der Waals surface area contributed by atoms with Gasteiger partial charge < -0.3 is 4.74 Å². The molecule has 0 saturated carbocycles. The number of benzene rings is 1. The number of aryl methyl sites for hydroxylation is 2. The molecule has 4 heteroatoms. The second kappa shape index (κ2) is 4.57. The van der Waals surface area contributed by atoms with Crippen LogP contribution in [0.3, 0.4) is 0 Å². The quantitative estimate of drug-likeness (QED) is 0.763. The van der Waals surface area contributed by atoms with Gasteiger partial charge in [-0.05, 0) is 31.0 Å². The maximum absolute atomic E-state index is 11.8. The molecule has 0 radical (unpaired) electrons. The summed E-state index contributed by atoms with van der Waals surface area (Å²) in [5, 5.41) is 5.12. The molecule has 17 heavy (non-hydrogen) atoms. The van der Waals surface area contributed by atoms with Crippen LogP contribution in [0.2, 0.25) is 0 Å². The number of hydrogen-bond donors (Lipinski definition) is 0. The molecular weight excluding hydrogens is 216 g/mol. The largest absolute Gasteiger partial charge is 0.462 e. The van der Waals surface area contributed by atoms with Crippen LogP contribution >= 0.6 is 0 Å². The van der Waals surface area contributed by atoms with E-state index in [0.717, 1.165) is 22.9 Å². The maximum atomic E-state index is 11.8. The molecule has 0 N–H and O–H groups in total. The lowest BCUT2D eigenvalue weighted by Gasteiger charge is -2.06. The minimum atomic E-state index is -0.255. The van der Waals surface area contributed by atoms with Crippen molar-refractivity contribution in [3.63, 3.8) is 0 Å². The van der Waals surface area contributed by atoms with Crippen LogP contribution in [0.4, 0.5) is 0 Å². The molecule has 1 heterocycles. The van der Waals surface area contributed by atoms with Gasteiger partial charge in [-0.15, -0.1) is 0 Å². The fraction of sp³-hybridized carbons (Fsp3) is 0.385. The highest BCUT2D eigenvalue weighted by Gasteiger charge is 2.12. The van der Waals surface area contributed by atoms with Crippen molar-refractivity contribution in [3.8, 4) is 0 Å². The standard InChI is InChI=1S/C13H16N2O2/c1-4-5-17-13(16)11-7-10-8-14-15(3)12(10)6-9(11)2/h6-8H,4-5H2,1-3H3. The average molecular weight is 232 g/mol. The van der Waals surface area contributed by atoms with Crippen molar-refractivity contribution in [3.05, 3.63) is 29.5 Å². The molecule has 0 atom stereocenters. The summed E-state index contributed by atoms with van der Waals surface area (Å²) in [5.41, 5.74) is 2.57. The highest BCUT2D eigenvalue weighted by Crippen LogP contribution is 2.19. The lowest BCUT2D eigenvalue weighted by atomic mass is 10.1. The van der Waals surface area contributed by atoms with Crippen LogP contribution in [0.1, 0.15) is 29.3 Å². The second-order valence-corrected chi connectivity index (χ2v) is 4.13. The third kappa shape index (κ3) is 2.16. The molecule has 0 bridgehead atoms. The van der Waals surface area contributed by atoms with E-state index in [4.69, 9.17) is 4.74 Å². The third-order valence-corrected chi connectivity index (χ3v) is 2.75. The summed E-state index contributed by atoms with van der Waals surface area (Å²) >= 11 is 0. The van der Waals surface area contributed by atoms with Crippen LogP contribution in [0.25, 0.3) is 10.9 Å². The number of nitrogens with zero attached hydrogens (tertiary/aromatic N) is 2. The van der Waals surface area contributed by atoms with E-state index in [1.807, 2.05) is 33.0 Å². The van der Waals surface area contributed by atoms with Gasteiger partial charge in [-0.2, -0.15) is 5.10 Å². The van der Waals surface area contributed by atoms with Crippen molar-refractivity contribution < 1.29 is 9.53 Å². The molecule has 1 aromatic heterocycles. The summed E-state index contributed by atoms with van der Waals surface area (Å²) in [5.74, 6) is -0.255. The Labute approximate surface area is 100 Å². The van der Waals surface area contributed by atoms with E-state index >= 15 is 0 Å². The molecule has 0 fully saturated rings. The van der Waals surface area contributed by atoms with E-state index in [1.165, 1.54) is 0 Å². The Hall–Kier alpha value is -1.84. The average Bonchev–Trinajstić information content (AvgIpc) is 2.67. The van der Waals surface area contributed by atoms with Crippen LogP contribution in [0, 0.1) is 6.92 Å². The summed E-state index contributed by atoms with van der Waals surface area (Å²) in [6.07, 6.45) is 2.59. The number of esters is 1. The molecule has 0 aliphatic carbocycles. The Balaban J connectivity index is 2.40. The van der Waals surface area contributed by atoms with E-state index in [0.29, 0.717) is 12.2 Å². The number of carbonyl (C=O) groups excluding carboxylic acids is 1. The van der Waals surface area contributed by atoms with E-state index < -0.39 is 0 Å². The van der Waals surface area contributed by atoms with Gasteiger partial charge in [0.05, 0.1) is 23.9 Å². The van der Waals surface area contributed by atoms with Crippen LogP contribution in [-0.4, -0.2) is 22.4 Å². The topological polar surface area (TPSA) is 44.1 Å². The summed E-state index contributed by atoms with van der Waals surface area (Å²) in [6, 6.07) is 3.81. The first kappa shape index (κ1) is 11.6. The lowest BCUT2D eigenvalue weighted by Crippen LogP contribution is -2.07. The van der Waals surface area contributed by atoms with Crippen LogP contribution in [0.15, 0.2) is 18.3 Å². The molecule has 0 aliphatic rings. The van der Waals surface area contributed by atoms with Crippen LogP contribution < -0.4 is 0 Å². The molecule has 0 saturated heterocycles. The van der Waals surface area contributed by atoms with Crippen LogP contribution in [0.5, 0.6) is 0 Å². The fourth-order valence-electron chi connectivity index (χ4n) is 1.80. The van der Waals surface area contributed by atoms with Gasteiger partial charge in [0.2, 0.25) is 0 Å². The Kier molecular flexibility index (Phi) is 3.13. The zero-order valence-corrected chi connectivity index (χ0v) is 10.4. The number of aromatic nitrogens is 2. The van der Waals surface area contributed by atoms with Crippen molar-refractivity contribution in [2.75, 3.05) is 6.61 Å².